The van der Waals surface area contributed by atoms with Crippen molar-refractivity contribution in [2.45, 2.75) is 46.1 Å². The summed E-state index contributed by atoms with van der Waals surface area (Å²) in [5, 5.41) is 0. The van der Waals surface area contributed by atoms with Crippen LogP contribution in [0.5, 0.6) is 0 Å². The predicted octanol–water partition coefficient (Wildman–Crippen LogP) is 3.53. The number of rotatable bonds is 6. The number of carbonyl (C=O) groups excluding carboxylic acids is 3. The summed E-state index contributed by atoms with van der Waals surface area (Å²) in [6, 6.07) is 9.78. The van der Waals surface area contributed by atoms with E-state index in [1.165, 1.54) is 17.0 Å². The van der Waals surface area contributed by atoms with Gasteiger partial charge in [-0.3, -0.25) is 14.4 Å². The topological polar surface area (TPSA) is 91.8 Å². The first-order chi connectivity index (χ1) is 15.6. The fraction of sp³-hybridized carbons (Fsp3) is 0.400. The predicted molar refractivity (Wildman–Crippen MR) is 127 cm³/mol. The smallest absolute Gasteiger partial charge is 0.266 e. The Kier molecular flexibility index (Phi) is 6.14. The molecule has 3 amide bonds. The number of fused-ring (bicyclic) bond motifs is 1. The normalized spacial score (nSPS) is 19.1. The van der Waals surface area contributed by atoms with Gasteiger partial charge in [0.25, 0.3) is 17.7 Å². The Labute approximate surface area is 194 Å². The van der Waals surface area contributed by atoms with Gasteiger partial charge in [0.05, 0.1) is 28.3 Å². The number of amides is 3. The highest BCUT2D eigenvalue weighted by Gasteiger charge is 2.39. The van der Waals surface area contributed by atoms with Crippen molar-refractivity contribution in [1.29, 1.82) is 0 Å². The fourth-order valence-electron chi connectivity index (χ4n) is 4.52. The number of hydrogen-bond acceptors (Lipinski definition) is 5. The maximum absolute atomic E-state index is 13.4. The van der Waals surface area contributed by atoms with Crippen LogP contribution in [0, 0.1) is 13.8 Å². The quantitative estimate of drug-likeness (QED) is 0.605. The lowest BCUT2D eigenvalue weighted by molar-refractivity contribution is 0.0693. The summed E-state index contributed by atoms with van der Waals surface area (Å²) in [5.74, 6) is -1.13. The first-order valence-electron chi connectivity index (χ1n) is 11.2. The van der Waals surface area contributed by atoms with Crippen LogP contribution in [-0.2, 0) is 9.84 Å². The van der Waals surface area contributed by atoms with Gasteiger partial charge in [0.15, 0.2) is 9.84 Å². The van der Waals surface area contributed by atoms with Gasteiger partial charge in [-0.1, -0.05) is 25.5 Å². The molecule has 1 saturated heterocycles. The minimum atomic E-state index is -3.15. The molecule has 2 aromatic rings. The Balaban J connectivity index is 1.66. The maximum Gasteiger partial charge on any atom is 0.266 e. The number of aryl methyl sites for hydroxylation is 2. The van der Waals surface area contributed by atoms with Gasteiger partial charge in [-0.15, -0.1) is 0 Å². The molecule has 1 fully saturated rings. The molecule has 0 radical (unpaired) electrons. The van der Waals surface area contributed by atoms with E-state index in [0.29, 0.717) is 18.7 Å². The molecule has 0 N–H and O–H groups in total. The third-order valence-electron chi connectivity index (χ3n) is 6.40. The zero-order valence-electron chi connectivity index (χ0n) is 19.1. The number of carbonyl (C=O) groups is 3. The van der Waals surface area contributed by atoms with Gasteiger partial charge in [0.2, 0.25) is 0 Å². The zero-order chi connectivity index (χ0) is 23.9. The summed E-state index contributed by atoms with van der Waals surface area (Å²) < 4.78 is 24.0. The lowest BCUT2D eigenvalue weighted by Gasteiger charge is -2.28. The molecular weight excluding hydrogens is 440 g/mol. The highest BCUT2D eigenvalue weighted by molar-refractivity contribution is 7.91. The highest BCUT2D eigenvalue weighted by Crippen LogP contribution is 2.32. The van der Waals surface area contributed by atoms with Crippen LogP contribution < -0.4 is 4.90 Å². The van der Waals surface area contributed by atoms with Crippen LogP contribution in [0.25, 0.3) is 0 Å². The Morgan fingerprint density at radius 2 is 1.79 bits per heavy atom. The van der Waals surface area contributed by atoms with E-state index in [1.807, 2.05) is 32.9 Å². The van der Waals surface area contributed by atoms with Crippen molar-refractivity contribution in [2.24, 2.45) is 0 Å². The van der Waals surface area contributed by atoms with E-state index in [1.54, 1.807) is 17.0 Å². The van der Waals surface area contributed by atoms with Gasteiger partial charge < -0.3 is 4.90 Å². The molecular formula is C25H28N2O5S. The Bertz CT molecular complexity index is 1250. The van der Waals surface area contributed by atoms with Gasteiger partial charge >= 0.3 is 0 Å². The van der Waals surface area contributed by atoms with Crippen molar-refractivity contribution >= 4 is 33.2 Å². The minimum absolute atomic E-state index is 0.0365. The molecule has 2 aliphatic heterocycles. The van der Waals surface area contributed by atoms with Crippen LogP contribution >= 0.6 is 0 Å². The van der Waals surface area contributed by atoms with Gasteiger partial charge in [-0.25, -0.2) is 13.3 Å². The molecule has 4 rings (SSSR count). The monoisotopic (exact) mass is 468 g/mol. The van der Waals surface area contributed by atoms with Crippen molar-refractivity contribution in [3.8, 4) is 0 Å². The molecule has 8 heteroatoms. The van der Waals surface area contributed by atoms with Crippen LogP contribution in [0.4, 0.5) is 5.69 Å². The number of sulfone groups is 1. The van der Waals surface area contributed by atoms with Crippen LogP contribution in [0.2, 0.25) is 0 Å². The van der Waals surface area contributed by atoms with E-state index in [9.17, 15) is 22.8 Å². The Morgan fingerprint density at radius 3 is 2.45 bits per heavy atom. The number of anilines is 1. The summed E-state index contributed by atoms with van der Waals surface area (Å²) in [6.45, 7) is 6.20. The van der Waals surface area contributed by atoms with E-state index in [2.05, 4.69) is 0 Å². The molecule has 2 heterocycles. The first kappa shape index (κ1) is 23.2. The maximum atomic E-state index is 13.4. The third kappa shape index (κ3) is 4.31. The Morgan fingerprint density at radius 1 is 1.06 bits per heavy atom. The van der Waals surface area contributed by atoms with Crippen molar-refractivity contribution in [3.63, 3.8) is 0 Å². The van der Waals surface area contributed by atoms with Crippen LogP contribution in [0.15, 0.2) is 36.4 Å². The van der Waals surface area contributed by atoms with E-state index in [0.717, 1.165) is 24.0 Å². The standard InChI is InChI=1S/C25H28N2O5S/c1-4-5-11-26(19-10-12-33(31,32)15-19)23(28)18-8-9-20-21(14-18)25(30)27(24(20)29)22-13-16(2)6-7-17(22)3/h6-9,13-14,19H,4-5,10-12,15H2,1-3H3. The molecule has 1 unspecified atom stereocenters. The molecule has 174 valence electrons. The SMILES string of the molecule is CCCCN(C(=O)c1ccc2c(c1)C(=O)N(c1cc(C)ccc1C)C2=O)C1CCS(=O)(=O)C1. The van der Waals surface area contributed by atoms with Crippen LogP contribution in [-0.4, -0.2) is 55.1 Å². The van der Waals surface area contributed by atoms with Crippen molar-refractivity contribution in [1.82, 2.24) is 4.90 Å². The van der Waals surface area contributed by atoms with E-state index >= 15 is 0 Å². The second kappa shape index (κ2) is 8.74. The van der Waals surface area contributed by atoms with Crippen molar-refractivity contribution in [2.75, 3.05) is 23.0 Å². The number of unbranched alkanes of at least 4 members (excludes halogenated alkanes) is 1. The molecule has 0 spiro atoms. The molecule has 7 nitrogen and oxygen atoms in total. The van der Waals surface area contributed by atoms with E-state index in [4.69, 9.17) is 0 Å². The van der Waals surface area contributed by atoms with Gasteiger partial charge in [-0.2, -0.15) is 0 Å². The van der Waals surface area contributed by atoms with Crippen molar-refractivity contribution in [3.05, 3.63) is 64.2 Å². The summed E-state index contributed by atoms with van der Waals surface area (Å²) in [5.41, 5.74) is 3.02. The second-order valence-electron chi connectivity index (χ2n) is 8.90. The minimum Gasteiger partial charge on any atom is -0.335 e. The largest absolute Gasteiger partial charge is 0.335 e. The lowest BCUT2D eigenvalue weighted by atomic mass is 10.0. The average molecular weight is 469 g/mol. The summed E-state index contributed by atoms with van der Waals surface area (Å²) in [7, 11) is -3.15. The average Bonchev–Trinajstić information content (AvgIpc) is 3.26. The van der Waals surface area contributed by atoms with Crippen LogP contribution in [0.1, 0.15) is 68.4 Å². The van der Waals surface area contributed by atoms with Gasteiger partial charge in [-0.05, 0) is 62.1 Å². The first-order valence-corrected chi connectivity index (χ1v) is 13.1. The number of imide groups is 1. The molecule has 33 heavy (non-hydrogen) atoms. The van der Waals surface area contributed by atoms with E-state index < -0.39 is 21.7 Å². The number of hydrogen-bond donors (Lipinski definition) is 0. The molecule has 0 aromatic heterocycles. The molecule has 0 bridgehead atoms. The summed E-state index contributed by atoms with van der Waals surface area (Å²) >= 11 is 0. The lowest BCUT2D eigenvalue weighted by Crippen LogP contribution is -2.41. The van der Waals surface area contributed by atoms with Gasteiger partial charge in [0, 0.05) is 18.2 Å². The second-order valence-corrected chi connectivity index (χ2v) is 11.1. The Hall–Kier alpha value is -3.00. The van der Waals surface area contributed by atoms with Crippen LogP contribution in [0.3, 0.4) is 0 Å². The highest BCUT2D eigenvalue weighted by atomic mass is 32.2. The fourth-order valence-corrected chi connectivity index (χ4v) is 6.25. The third-order valence-corrected chi connectivity index (χ3v) is 8.15. The summed E-state index contributed by atoms with van der Waals surface area (Å²) in [4.78, 5) is 42.5. The molecule has 0 aliphatic carbocycles. The molecule has 2 aliphatic rings. The molecule has 2 aromatic carbocycles. The number of benzene rings is 2. The zero-order valence-corrected chi connectivity index (χ0v) is 19.9. The van der Waals surface area contributed by atoms with Gasteiger partial charge in [0.1, 0.15) is 0 Å². The molecule has 1 atom stereocenters. The van der Waals surface area contributed by atoms with E-state index in [-0.39, 0.29) is 40.1 Å². The number of nitrogens with zero attached hydrogens (tertiary/aromatic N) is 2. The molecule has 0 saturated carbocycles. The van der Waals surface area contributed by atoms with Crippen molar-refractivity contribution < 1.29 is 22.8 Å². The summed E-state index contributed by atoms with van der Waals surface area (Å²) in [6.07, 6.45) is 2.04.